The van der Waals surface area contributed by atoms with Crippen molar-refractivity contribution in [3.8, 4) is 6.07 Å². The summed E-state index contributed by atoms with van der Waals surface area (Å²) in [7, 11) is 0. The van der Waals surface area contributed by atoms with Crippen molar-refractivity contribution in [2.45, 2.75) is 59.0 Å². The molecule has 0 spiro atoms. The SMILES string of the molecule is CCCC(C#N)C(=O)NC(C)C(=O)NC(C)(C)C. The number of rotatable bonds is 5. The molecular formula is C13H23N3O2. The van der Waals surface area contributed by atoms with Gasteiger partial charge in [0.05, 0.1) is 6.07 Å². The number of nitrogens with zero attached hydrogens (tertiary/aromatic N) is 1. The Labute approximate surface area is 109 Å². The van der Waals surface area contributed by atoms with Crippen LogP contribution in [0.25, 0.3) is 0 Å². The van der Waals surface area contributed by atoms with Crippen LogP contribution in [0.2, 0.25) is 0 Å². The summed E-state index contributed by atoms with van der Waals surface area (Å²) < 4.78 is 0. The zero-order chi connectivity index (χ0) is 14.3. The number of carbonyl (C=O) groups excluding carboxylic acids is 2. The maximum atomic E-state index is 11.8. The first-order valence-electron chi connectivity index (χ1n) is 6.23. The molecular weight excluding hydrogens is 230 g/mol. The van der Waals surface area contributed by atoms with E-state index in [0.29, 0.717) is 6.42 Å². The van der Waals surface area contributed by atoms with Gasteiger partial charge in [0, 0.05) is 5.54 Å². The summed E-state index contributed by atoms with van der Waals surface area (Å²) >= 11 is 0. The molecule has 18 heavy (non-hydrogen) atoms. The van der Waals surface area contributed by atoms with Gasteiger partial charge in [0.2, 0.25) is 11.8 Å². The second-order valence-electron chi connectivity index (χ2n) is 5.44. The molecule has 102 valence electrons. The summed E-state index contributed by atoms with van der Waals surface area (Å²) in [6.07, 6.45) is 1.27. The van der Waals surface area contributed by atoms with Crippen molar-refractivity contribution in [3.63, 3.8) is 0 Å². The van der Waals surface area contributed by atoms with E-state index < -0.39 is 12.0 Å². The van der Waals surface area contributed by atoms with Crippen LogP contribution in [0, 0.1) is 17.2 Å². The fourth-order valence-corrected chi connectivity index (χ4v) is 1.40. The molecule has 0 radical (unpaired) electrons. The van der Waals surface area contributed by atoms with Crippen LogP contribution in [-0.4, -0.2) is 23.4 Å². The van der Waals surface area contributed by atoms with Gasteiger partial charge in [0.25, 0.3) is 0 Å². The normalized spacial score (nSPS) is 14.2. The van der Waals surface area contributed by atoms with Gasteiger partial charge in [-0.05, 0) is 34.1 Å². The smallest absolute Gasteiger partial charge is 0.242 e. The number of nitriles is 1. The summed E-state index contributed by atoms with van der Waals surface area (Å²) in [5.74, 6) is -1.31. The molecule has 5 heteroatoms. The topological polar surface area (TPSA) is 82.0 Å². The van der Waals surface area contributed by atoms with E-state index in [0.717, 1.165) is 6.42 Å². The summed E-state index contributed by atoms with van der Waals surface area (Å²) in [4.78, 5) is 23.5. The van der Waals surface area contributed by atoms with Crippen LogP contribution < -0.4 is 10.6 Å². The molecule has 0 rings (SSSR count). The molecule has 0 aliphatic carbocycles. The van der Waals surface area contributed by atoms with E-state index in [1.54, 1.807) is 6.92 Å². The Morgan fingerprint density at radius 2 is 1.83 bits per heavy atom. The van der Waals surface area contributed by atoms with Crippen molar-refractivity contribution < 1.29 is 9.59 Å². The number of nitrogens with one attached hydrogen (secondary N) is 2. The highest BCUT2D eigenvalue weighted by atomic mass is 16.2. The number of hydrogen-bond donors (Lipinski definition) is 2. The molecule has 2 atom stereocenters. The van der Waals surface area contributed by atoms with E-state index in [9.17, 15) is 9.59 Å². The lowest BCUT2D eigenvalue weighted by Crippen LogP contribution is -2.51. The predicted molar refractivity (Wildman–Crippen MR) is 69.5 cm³/mol. The van der Waals surface area contributed by atoms with Crippen molar-refractivity contribution in [1.29, 1.82) is 5.26 Å². The molecule has 2 N–H and O–H groups in total. The Balaban J connectivity index is 4.39. The first kappa shape index (κ1) is 16.4. The Morgan fingerprint density at radius 3 is 2.22 bits per heavy atom. The molecule has 0 aliphatic heterocycles. The lowest BCUT2D eigenvalue weighted by atomic mass is 10.0. The monoisotopic (exact) mass is 253 g/mol. The van der Waals surface area contributed by atoms with Crippen molar-refractivity contribution in [2.24, 2.45) is 5.92 Å². The van der Waals surface area contributed by atoms with Gasteiger partial charge in [-0.15, -0.1) is 0 Å². The van der Waals surface area contributed by atoms with Gasteiger partial charge in [0.15, 0.2) is 0 Å². The van der Waals surface area contributed by atoms with E-state index in [2.05, 4.69) is 10.6 Å². The largest absolute Gasteiger partial charge is 0.350 e. The van der Waals surface area contributed by atoms with E-state index in [1.807, 2.05) is 33.8 Å². The Morgan fingerprint density at radius 1 is 1.28 bits per heavy atom. The molecule has 2 amide bonds. The highest BCUT2D eigenvalue weighted by molar-refractivity contribution is 5.89. The Kier molecular flexibility index (Phi) is 6.39. The first-order valence-corrected chi connectivity index (χ1v) is 6.23. The molecule has 0 aromatic carbocycles. The molecule has 0 fully saturated rings. The number of amides is 2. The van der Waals surface area contributed by atoms with Gasteiger partial charge in [-0.2, -0.15) is 5.26 Å². The fourth-order valence-electron chi connectivity index (χ4n) is 1.40. The quantitative estimate of drug-likeness (QED) is 0.775. The summed E-state index contributed by atoms with van der Waals surface area (Å²) in [5.41, 5.74) is -0.339. The number of carbonyl (C=O) groups is 2. The van der Waals surface area contributed by atoms with Crippen LogP contribution >= 0.6 is 0 Å². The highest BCUT2D eigenvalue weighted by Gasteiger charge is 2.24. The van der Waals surface area contributed by atoms with Gasteiger partial charge in [0.1, 0.15) is 12.0 Å². The molecule has 0 aromatic rings. The molecule has 2 unspecified atom stereocenters. The molecule has 5 nitrogen and oxygen atoms in total. The van der Waals surface area contributed by atoms with Gasteiger partial charge in [-0.3, -0.25) is 9.59 Å². The van der Waals surface area contributed by atoms with Crippen molar-refractivity contribution in [3.05, 3.63) is 0 Å². The van der Waals surface area contributed by atoms with Gasteiger partial charge in [-0.25, -0.2) is 0 Å². The maximum Gasteiger partial charge on any atom is 0.242 e. The van der Waals surface area contributed by atoms with Crippen LogP contribution in [-0.2, 0) is 9.59 Å². The average molecular weight is 253 g/mol. The van der Waals surface area contributed by atoms with Crippen LogP contribution in [0.1, 0.15) is 47.5 Å². The Bertz CT molecular complexity index is 339. The molecule has 0 aliphatic rings. The third kappa shape index (κ3) is 6.24. The predicted octanol–water partition coefficient (Wildman–Crippen LogP) is 1.35. The van der Waals surface area contributed by atoms with Crippen LogP contribution in [0.4, 0.5) is 0 Å². The van der Waals surface area contributed by atoms with E-state index in [-0.39, 0.29) is 17.4 Å². The van der Waals surface area contributed by atoms with Crippen molar-refractivity contribution in [1.82, 2.24) is 10.6 Å². The second kappa shape index (κ2) is 7.00. The van der Waals surface area contributed by atoms with Gasteiger partial charge >= 0.3 is 0 Å². The van der Waals surface area contributed by atoms with E-state index in [4.69, 9.17) is 5.26 Å². The van der Waals surface area contributed by atoms with E-state index >= 15 is 0 Å². The zero-order valence-electron chi connectivity index (χ0n) is 11.8. The minimum Gasteiger partial charge on any atom is -0.350 e. The second-order valence-corrected chi connectivity index (χ2v) is 5.44. The minimum atomic E-state index is -0.681. The standard InChI is InChI=1S/C13H23N3O2/c1-6-7-10(8-14)12(18)15-9(2)11(17)16-13(3,4)5/h9-10H,6-7H2,1-5H3,(H,15,18)(H,16,17). The molecule has 0 saturated heterocycles. The molecule has 0 aromatic heterocycles. The Hall–Kier alpha value is -1.57. The maximum absolute atomic E-state index is 11.8. The lowest BCUT2D eigenvalue weighted by molar-refractivity contribution is -0.130. The van der Waals surface area contributed by atoms with Gasteiger partial charge in [-0.1, -0.05) is 13.3 Å². The molecule has 0 saturated carbocycles. The average Bonchev–Trinajstić information content (AvgIpc) is 2.23. The molecule has 0 heterocycles. The first-order chi connectivity index (χ1) is 8.21. The highest BCUT2D eigenvalue weighted by Crippen LogP contribution is 2.06. The van der Waals surface area contributed by atoms with Gasteiger partial charge < -0.3 is 10.6 Å². The van der Waals surface area contributed by atoms with Crippen molar-refractivity contribution >= 4 is 11.8 Å². The zero-order valence-corrected chi connectivity index (χ0v) is 11.8. The van der Waals surface area contributed by atoms with Crippen molar-refractivity contribution in [2.75, 3.05) is 0 Å². The number of hydrogen-bond acceptors (Lipinski definition) is 3. The summed E-state index contributed by atoms with van der Waals surface area (Å²) in [6.45, 7) is 9.13. The summed E-state index contributed by atoms with van der Waals surface area (Å²) in [6, 6.07) is 1.32. The minimum absolute atomic E-state index is 0.246. The fraction of sp³-hybridized carbons (Fsp3) is 0.769. The third-order valence-corrected chi connectivity index (χ3v) is 2.30. The summed E-state index contributed by atoms with van der Waals surface area (Å²) in [5, 5.41) is 14.2. The van der Waals surface area contributed by atoms with Crippen LogP contribution in [0.5, 0.6) is 0 Å². The molecule has 0 bridgehead atoms. The van der Waals surface area contributed by atoms with Crippen LogP contribution in [0.15, 0.2) is 0 Å². The lowest BCUT2D eigenvalue weighted by Gasteiger charge is -2.24. The van der Waals surface area contributed by atoms with E-state index in [1.165, 1.54) is 0 Å². The third-order valence-electron chi connectivity index (χ3n) is 2.30. The van der Waals surface area contributed by atoms with Crippen LogP contribution in [0.3, 0.4) is 0 Å².